The van der Waals surface area contributed by atoms with Gasteiger partial charge >= 0.3 is 35.8 Å². The molecule has 0 saturated carbocycles. The zero-order valence-corrected chi connectivity index (χ0v) is 70.8. The molecule has 0 amide bonds. The van der Waals surface area contributed by atoms with E-state index in [1.165, 1.54) is 201 Å². The third kappa shape index (κ3) is 113. The van der Waals surface area contributed by atoms with Gasteiger partial charge in [0.2, 0.25) is 5.24 Å². The van der Waals surface area contributed by atoms with Gasteiger partial charge in [0.05, 0.1) is 13.2 Å². The predicted octanol–water partition coefficient (Wildman–Crippen LogP) is 20.7. The lowest BCUT2D eigenvalue weighted by Gasteiger charge is -2.11. The van der Waals surface area contributed by atoms with E-state index in [0.717, 1.165) is 103 Å². The summed E-state index contributed by atoms with van der Waals surface area (Å²) in [6, 6.07) is 0. The van der Waals surface area contributed by atoms with Crippen LogP contribution in [0.2, 0.25) is 0 Å². The molecule has 4 unspecified atom stereocenters. The molecule has 0 aromatic heterocycles. The summed E-state index contributed by atoms with van der Waals surface area (Å²) in [6.07, 6.45) is 84.2. The van der Waals surface area contributed by atoms with Gasteiger partial charge in [-0.1, -0.05) is 279 Å². The van der Waals surface area contributed by atoms with Gasteiger partial charge in [0.25, 0.3) is 0 Å². The third-order valence-corrected chi connectivity index (χ3v) is 16.6. The maximum atomic E-state index is 11.6. The summed E-state index contributed by atoms with van der Waals surface area (Å²) in [5, 5.41) is 54.0. The lowest BCUT2D eigenvalue weighted by molar-refractivity contribution is -0.152. The zero-order valence-electron chi connectivity index (χ0n) is 70.0. The second kappa shape index (κ2) is 97.7. The van der Waals surface area contributed by atoms with Gasteiger partial charge in [-0.3, -0.25) is 33.6 Å². The van der Waals surface area contributed by atoms with Crippen molar-refractivity contribution in [3.05, 3.63) is 97.2 Å². The van der Waals surface area contributed by atoms with Crippen molar-refractivity contribution in [3.8, 4) is 0 Å². The standard InChI is InChI=1S/2C23H40O5.2C21H38O4.C2H3ClO/c2*1-3-4-5-6-7-8-9-10-11-12-13-14-15-16-17-18-23(26)28-20-22(25)19-27-21(2)24;2*1-2-3-4-5-6-7-8-9-10-11-12-13-14-15-16-17-21(24)25-19-20(23)18-22;1-2(3)4/h8-11,22,25H,3-7,12-20H2,1-2H3;7-10,22,25H,3-6,11-20H2,1-2H3;7-10,20,22-23H,2-6,11-19H2,1H3;6-9,20,22-23H,2-5,10-19H2,1H3;1H3/b9-8+,11-10-;8-7-,10-9+;8-7+,10-9-;7-6-,9-8+;. The summed E-state index contributed by atoms with van der Waals surface area (Å²) in [7, 11) is 0. The molecule has 0 radical (unpaired) electrons. The Hall–Kier alpha value is -5.54. The van der Waals surface area contributed by atoms with Crippen LogP contribution in [-0.4, -0.2) is 149 Å². The monoisotopic (exact) mass is 1580 g/mol. The Morgan fingerprint density at radius 1 is 0.255 bits per heavy atom. The number of hydrogen-bond donors (Lipinski definition) is 6. The number of ether oxygens (including phenoxy) is 6. The molecule has 19 nitrogen and oxygen atoms in total. The number of rotatable bonds is 70. The summed E-state index contributed by atoms with van der Waals surface area (Å²) in [4.78, 5) is 76.3. The molecule has 0 rings (SSSR count). The minimum absolute atomic E-state index is 0.114. The average Bonchev–Trinajstić information content (AvgIpc) is 1.05. The number of aliphatic hydroxyl groups excluding tert-OH is 6. The van der Waals surface area contributed by atoms with E-state index in [2.05, 4.69) is 146 Å². The van der Waals surface area contributed by atoms with Crippen molar-refractivity contribution in [1.82, 2.24) is 0 Å². The highest BCUT2D eigenvalue weighted by molar-refractivity contribution is 6.62. The van der Waals surface area contributed by atoms with Crippen LogP contribution >= 0.6 is 11.6 Å². The molecule has 0 aliphatic carbocycles. The molecule has 6 N–H and O–H groups in total. The number of hydrogen-bond acceptors (Lipinski definition) is 19. The molecule has 0 saturated heterocycles. The van der Waals surface area contributed by atoms with Gasteiger partial charge in [0.1, 0.15) is 64.1 Å². The topological polar surface area (TPSA) is 296 Å². The van der Waals surface area contributed by atoms with Gasteiger partial charge in [-0.25, -0.2) is 0 Å². The first-order valence-electron chi connectivity index (χ1n) is 42.5. The number of carbonyl (C=O) groups is 7. The minimum atomic E-state index is -0.965. The van der Waals surface area contributed by atoms with E-state index in [1.807, 2.05) is 0 Å². The van der Waals surface area contributed by atoms with E-state index in [-0.39, 0.29) is 82.0 Å². The molecule has 110 heavy (non-hydrogen) atoms. The lowest BCUT2D eigenvalue weighted by atomic mass is 10.1. The van der Waals surface area contributed by atoms with Crippen LogP contribution in [0.3, 0.4) is 0 Å². The van der Waals surface area contributed by atoms with Crippen molar-refractivity contribution < 1.29 is 92.6 Å². The first-order valence-corrected chi connectivity index (χ1v) is 42.9. The first-order chi connectivity index (χ1) is 53.3. The second-order valence-corrected chi connectivity index (χ2v) is 28.4. The summed E-state index contributed by atoms with van der Waals surface area (Å²) < 4.78 is 28.9. The number of carbonyl (C=O) groups excluding carboxylic acids is 7. The molecular weight excluding hydrogens is 1420 g/mol. The van der Waals surface area contributed by atoms with Gasteiger partial charge in [-0.2, -0.15) is 0 Å². The fourth-order valence-electron chi connectivity index (χ4n) is 10.1. The average molecular weight is 1580 g/mol. The van der Waals surface area contributed by atoms with Crippen LogP contribution < -0.4 is 0 Å². The Labute approximate surface area is 673 Å². The van der Waals surface area contributed by atoms with Gasteiger partial charge in [0, 0.05) is 46.5 Å². The molecule has 0 aliphatic heterocycles. The van der Waals surface area contributed by atoms with Crippen LogP contribution in [0.5, 0.6) is 0 Å². The molecule has 0 aromatic rings. The van der Waals surface area contributed by atoms with Crippen LogP contribution in [0, 0.1) is 0 Å². The van der Waals surface area contributed by atoms with E-state index < -0.39 is 36.4 Å². The Bertz CT molecular complexity index is 2290. The van der Waals surface area contributed by atoms with Crippen molar-refractivity contribution >= 4 is 52.7 Å². The van der Waals surface area contributed by atoms with Crippen molar-refractivity contribution in [2.24, 2.45) is 0 Å². The normalized spacial score (nSPS) is 12.5. The number of unbranched alkanes of at least 4 members (excludes halogenated alkanes) is 36. The molecule has 0 aromatic carbocycles. The van der Waals surface area contributed by atoms with E-state index >= 15 is 0 Å². The molecule has 0 heterocycles. The van der Waals surface area contributed by atoms with Crippen molar-refractivity contribution in [2.45, 2.75) is 381 Å². The highest BCUT2D eigenvalue weighted by Gasteiger charge is 2.13. The minimum Gasteiger partial charge on any atom is -0.463 e. The predicted molar refractivity (Wildman–Crippen MR) is 449 cm³/mol. The quantitative estimate of drug-likeness (QED) is 0.0108. The Kier molecular flexibility index (Phi) is 100. The van der Waals surface area contributed by atoms with Gasteiger partial charge < -0.3 is 59.1 Å². The largest absolute Gasteiger partial charge is 0.463 e. The Balaban J connectivity index is -0.000000438. The lowest BCUT2D eigenvalue weighted by Crippen LogP contribution is -2.24. The summed E-state index contributed by atoms with van der Waals surface area (Å²) in [5.74, 6) is -2.13. The number of aliphatic hydroxyl groups is 6. The Morgan fingerprint density at radius 2 is 0.409 bits per heavy atom. The summed E-state index contributed by atoms with van der Waals surface area (Å²) >= 11 is 4.64. The fraction of sp³-hybridized carbons (Fsp3) is 0.744. The molecular formula is C90H159ClO19. The second-order valence-electron chi connectivity index (χ2n) is 27.8. The van der Waals surface area contributed by atoms with Crippen LogP contribution in [-0.2, 0) is 62.0 Å². The smallest absolute Gasteiger partial charge is 0.305 e. The highest BCUT2D eigenvalue weighted by atomic mass is 35.5. The van der Waals surface area contributed by atoms with E-state index in [1.54, 1.807) is 0 Å². The Morgan fingerprint density at radius 3 is 0.600 bits per heavy atom. The molecule has 0 spiro atoms. The molecule has 0 fully saturated rings. The molecule has 4 atom stereocenters. The van der Waals surface area contributed by atoms with Gasteiger partial charge in [-0.15, -0.1) is 0 Å². The molecule has 0 aliphatic rings. The van der Waals surface area contributed by atoms with E-state index in [9.17, 15) is 43.8 Å². The van der Waals surface area contributed by atoms with Crippen LogP contribution in [0.4, 0.5) is 0 Å². The number of halogens is 1. The molecule has 0 bridgehead atoms. The van der Waals surface area contributed by atoms with Gasteiger partial charge in [-0.05, 0) is 140 Å². The maximum Gasteiger partial charge on any atom is 0.305 e. The van der Waals surface area contributed by atoms with Gasteiger partial charge in [0.15, 0.2) is 0 Å². The van der Waals surface area contributed by atoms with Crippen molar-refractivity contribution in [3.63, 3.8) is 0 Å². The van der Waals surface area contributed by atoms with Crippen molar-refractivity contribution in [2.75, 3.05) is 52.9 Å². The first kappa shape index (κ1) is 113. The highest BCUT2D eigenvalue weighted by Crippen LogP contribution is 2.15. The van der Waals surface area contributed by atoms with Crippen molar-refractivity contribution in [1.29, 1.82) is 0 Å². The van der Waals surface area contributed by atoms with Crippen LogP contribution in [0.1, 0.15) is 357 Å². The van der Waals surface area contributed by atoms with Crippen LogP contribution in [0.15, 0.2) is 97.2 Å². The summed E-state index contributed by atoms with van der Waals surface area (Å²) in [6.45, 7) is 11.2. The fourth-order valence-corrected chi connectivity index (χ4v) is 10.1. The number of esters is 6. The SMILES string of the molecule is CC(=O)Cl.CCCCC/C=C\C=C\CCCCCCCCC(=O)OCC(O)CO.CCCCC/C=C\C=C\CCCCCCCCC(=O)OCC(O)COC(C)=O.CCCCCC/C=C/C=C\CCCCCCCC(=O)OCC(O)CO.CCCCCC/C=C/C=C\CCCCCCCC(=O)OCC(O)COC(C)=O. The van der Waals surface area contributed by atoms with E-state index in [4.69, 9.17) is 39.4 Å². The third-order valence-electron chi connectivity index (χ3n) is 16.6. The molecule has 640 valence electrons. The van der Waals surface area contributed by atoms with Crippen LogP contribution in [0.25, 0.3) is 0 Å². The summed E-state index contributed by atoms with van der Waals surface area (Å²) in [5.41, 5.74) is 0. The molecule has 20 heteroatoms. The maximum absolute atomic E-state index is 11.6. The zero-order chi connectivity index (χ0) is 82.5. The van der Waals surface area contributed by atoms with E-state index in [0.29, 0.717) is 25.7 Å². The number of allylic oxidation sites excluding steroid dienone is 16.